The number of nitrogens with zero attached hydrogens (tertiary/aromatic N) is 2. The molecule has 17 heavy (non-hydrogen) atoms. The van der Waals surface area contributed by atoms with Crippen molar-refractivity contribution in [3.8, 4) is 0 Å². The molecule has 7 heteroatoms. The molecule has 0 aliphatic heterocycles. The van der Waals surface area contributed by atoms with Crippen molar-refractivity contribution in [3.63, 3.8) is 0 Å². The molecule has 0 atom stereocenters. The Bertz CT molecular complexity index is 501. The Labute approximate surface area is 113 Å². The van der Waals surface area contributed by atoms with Crippen molar-refractivity contribution in [2.24, 2.45) is 0 Å². The van der Waals surface area contributed by atoms with E-state index in [0.717, 1.165) is 12.1 Å². The molecule has 0 aliphatic rings. The Morgan fingerprint density at radius 2 is 2.18 bits per heavy atom. The fraction of sp³-hybridized carbons (Fsp3) is 0.200. The maximum atomic E-state index is 5.98. The Morgan fingerprint density at radius 3 is 2.88 bits per heavy atom. The van der Waals surface area contributed by atoms with Crippen LogP contribution in [-0.4, -0.2) is 16.5 Å². The molecule has 0 saturated heterocycles. The first-order chi connectivity index (χ1) is 8.16. The summed E-state index contributed by atoms with van der Waals surface area (Å²) in [5.74, 6) is 0.816. The van der Waals surface area contributed by atoms with Gasteiger partial charge in [0.05, 0.1) is 21.2 Å². The smallest absolute Gasteiger partial charge is 0.147 e. The first-order valence-corrected chi connectivity index (χ1v) is 6.59. The van der Waals surface area contributed by atoms with Crippen LogP contribution in [0.5, 0.6) is 0 Å². The van der Waals surface area contributed by atoms with Crippen LogP contribution < -0.4 is 11.1 Å². The van der Waals surface area contributed by atoms with Crippen LogP contribution in [0.15, 0.2) is 17.0 Å². The van der Waals surface area contributed by atoms with Gasteiger partial charge in [-0.3, -0.25) is 0 Å². The van der Waals surface area contributed by atoms with Gasteiger partial charge in [0.15, 0.2) is 0 Å². The third-order valence-corrected chi connectivity index (χ3v) is 3.34. The summed E-state index contributed by atoms with van der Waals surface area (Å²) in [5, 5.41) is 5.93. The fourth-order valence-electron chi connectivity index (χ4n) is 1.27. The van der Waals surface area contributed by atoms with Crippen LogP contribution in [0, 0.1) is 0 Å². The number of nitrogens with two attached hydrogens (primary N) is 1. The average molecular weight is 289 g/mol. The maximum Gasteiger partial charge on any atom is 0.147 e. The van der Waals surface area contributed by atoms with E-state index in [2.05, 4.69) is 15.3 Å². The Hall–Kier alpha value is -1.04. The highest BCUT2D eigenvalue weighted by Crippen LogP contribution is 2.27. The molecule has 90 valence electrons. The minimum absolute atomic E-state index is 0.271. The summed E-state index contributed by atoms with van der Waals surface area (Å²) in [6.45, 7) is 0.692. The van der Waals surface area contributed by atoms with E-state index in [1.807, 2.05) is 5.38 Å². The summed E-state index contributed by atoms with van der Waals surface area (Å²) >= 11 is 13.4. The van der Waals surface area contributed by atoms with Gasteiger partial charge in [-0.05, 0) is 6.07 Å². The van der Waals surface area contributed by atoms with Crippen molar-refractivity contribution in [2.75, 3.05) is 17.6 Å². The topological polar surface area (TPSA) is 63.8 Å². The molecule has 3 N–H and O–H groups in total. The van der Waals surface area contributed by atoms with Crippen molar-refractivity contribution in [1.29, 1.82) is 0 Å². The number of halogens is 2. The van der Waals surface area contributed by atoms with E-state index >= 15 is 0 Å². The van der Waals surface area contributed by atoms with Crippen LogP contribution in [0.2, 0.25) is 10.0 Å². The molecule has 0 spiro atoms. The largest absolute Gasteiger partial charge is 0.382 e. The van der Waals surface area contributed by atoms with Gasteiger partial charge in [0.25, 0.3) is 0 Å². The number of nitrogens with one attached hydrogen (secondary N) is 1. The van der Waals surface area contributed by atoms with Crippen LogP contribution in [0.4, 0.5) is 11.6 Å². The van der Waals surface area contributed by atoms with E-state index < -0.39 is 0 Å². The SMILES string of the molecule is Nc1nc(NCCc2cscn2)c(Cl)cc1Cl. The lowest BCUT2D eigenvalue weighted by atomic mass is 10.3. The summed E-state index contributed by atoms with van der Waals surface area (Å²) in [7, 11) is 0. The zero-order valence-electron chi connectivity index (χ0n) is 8.78. The summed E-state index contributed by atoms with van der Waals surface area (Å²) in [6.07, 6.45) is 0.810. The van der Waals surface area contributed by atoms with Gasteiger partial charge in [-0.25, -0.2) is 9.97 Å². The number of hydrogen-bond acceptors (Lipinski definition) is 5. The molecule has 0 aliphatic carbocycles. The van der Waals surface area contributed by atoms with Gasteiger partial charge in [0.1, 0.15) is 11.6 Å². The summed E-state index contributed by atoms with van der Waals surface area (Å²) < 4.78 is 0. The molecule has 0 unspecified atom stereocenters. The monoisotopic (exact) mass is 288 g/mol. The lowest BCUT2D eigenvalue weighted by Gasteiger charge is -2.08. The molecule has 2 heterocycles. The van der Waals surface area contributed by atoms with Crippen LogP contribution in [0.3, 0.4) is 0 Å². The van der Waals surface area contributed by atoms with Crippen LogP contribution in [0.1, 0.15) is 5.69 Å². The summed E-state index contributed by atoms with van der Waals surface area (Å²) in [6, 6.07) is 1.58. The molecule has 0 fully saturated rings. The van der Waals surface area contributed by atoms with E-state index in [4.69, 9.17) is 28.9 Å². The van der Waals surface area contributed by atoms with Gasteiger partial charge in [-0.15, -0.1) is 11.3 Å². The van der Waals surface area contributed by atoms with Crippen LogP contribution in [-0.2, 0) is 6.42 Å². The highest BCUT2D eigenvalue weighted by Gasteiger charge is 2.06. The highest BCUT2D eigenvalue weighted by atomic mass is 35.5. The molecule has 0 amide bonds. The second-order valence-electron chi connectivity index (χ2n) is 3.34. The van der Waals surface area contributed by atoms with Gasteiger partial charge in [-0.1, -0.05) is 23.2 Å². The Morgan fingerprint density at radius 1 is 1.35 bits per heavy atom. The van der Waals surface area contributed by atoms with E-state index in [1.165, 1.54) is 0 Å². The van der Waals surface area contributed by atoms with Crippen molar-refractivity contribution in [2.45, 2.75) is 6.42 Å². The van der Waals surface area contributed by atoms with E-state index in [9.17, 15) is 0 Å². The third kappa shape index (κ3) is 3.21. The molecule has 2 aromatic rings. The van der Waals surface area contributed by atoms with E-state index in [1.54, 1.807) is 22.9 Å². The second kappa shape index (κ2) is 5.53. The van der Waals surface area contributed by atoms with Gasteiger partial charge in [0.2, 0.25) is 0 Å². The van der Waals surface area contributed by atoms with Crippen molar-refractivity contribution < 1.29 is 0 Å². The minimum atomic E-state index is 0.271. The number of anilines is 2. The maximum absolute atomic E-state index is 5.98. The Balaban J connectivity index is 1.97. The van der Waals surface area contributed by atoms with Gasteiger partial charge < -0.3 is 11.1 Å². The molecule has 0 bridgehead atoms. The normalized spacial score (nSPS) is 10.5. The highest BCUT2D eigenvalue weighted by molar-refractivity contribution is 7.07. The lowest BCUT2D eigenvalue weighted by Crippen LogP contribution is -2.08. The van der Waals surface area contributed by atoms with Crippen molar-refractivity contribution >= 4 is 46.2 Å². The van der Waals surface area contributed by atoms with Crippen molar-refractivity contribution in [3.05, 3.63) is 32.7 Å². The third-order valence-electron chi connectivity index (χ3n) is 2.11. The molecule has 0 radical (unpaired) electrons. The number of aromatic nitrogens is 2. The number of rotatable bonds is 4. The van der Waals surface area contributed by atoms with E-state index in [0.29, 0.717) is 22.4 Å². The number of thiazole rings is 1. The molecule has 0 aromatic carbocycles. The van der Waals surface area contributed by atoms with Gasteiger partial charge in [0, 0.05) is 18.3 Å². The van der Waals surface area contributed by atoms with Gasteiger partial charge in [-0.2, -0.15) is 0 Å². The molecular weight excluding hydrogens is 279 g/mol. The van der Waals surface area contributed by atoms with Gasteiger partial charge >= 0.3 is 0 Å². The fourth-order valence-corrected chi connectivity index (χ4v) is 2.29. The van der Waals surface area contributed by atoms with E-state index in [-0.39, 0.29) is 5.82 Å². The zero-order chi connectivity index (χ0) is 12.3. The predicted octanol–water partition coefficient (Wildman–Crippen LogP) is 3.08. The average Bonchev–Trinajstić information content (AvgIpc) is 2.78. The van der Waals surface area contributed by atoms with Crippen LogP contribution >= 0.6 is 34.5 Å². The quantitative estimate of drug-likeness (QED) is 0.908. The lowest BCUT2D eigenvalue weighted by molar-refractivity contribution is 0.969. The number of hydrogen-bond donors (Lipinski definition) is 2. The molecular formula is C10H10Cl2N4S. The zero-order valence-corrected chi connectivity index (χ0v) is 11.1. The summed E-state index contributed by atoms with van der Waals surface area (Å²) in [4.78, 5) is 8.26. The standard InChI is InChI=1S/C10H10Cl2N4S/c11-7-3-8(12)10(16-9(7)13)14-2-1-6-4-17-5-15-6/h3-5H,1-2H2,(H3,13,14,16). The first-order valence-electron chi connectivity index (χ1n) is 4.89. The summed E-state index contributed by atoms with van der Waals surface area (Å²) in [5.41, 5.74) is 8.45. The van der Waals surface area contributed by atoms with Crippen molar-refractivity contribution in [1.82, 2.24) is 9.97 Å². The second-order valence-corrected chi connectivity index (χ2v) is 4.88. The number of pyridine rings is 1. The molecule has 4 nitrogen and oxygen atoms in total. The molecule has 2 aromatic heterocycles. The first kappa shape index (κ1) is 12.4. The predicted molar refractivity (Wildman–Crippen MR) is 73.0 cm³/mol. The molecule has 0 saturated carbocycles. The molecule has 2 rings (SSSR count). The Kier molecular flexibility index (Phi) is 4.04. The minimum Gasteiger partial charge on any atom is -0.382 e. The van der Waals surface area contributed by atoms with Crippen LogP contribution in [0.25, 0.3) is 0 Å². The number of nitrogen functional groups attached to an aromatic ring is 1.